The first-order chi connectivity index (χ1) is 13.6. The van der Waals surface area contributed by atoms with Crippen molar-refractivity contribution in [3.8, 4) is 0 Å². The molecular weight excluding hydrogens is 352 g/mol. The fraction of sp³-hybridized carbons (Fsp3) is 0.750. The molecule has 0 bridgehead atoms. The molecule has 0 atom stereocenters. The van der Waals surface area contributed by atoms with E-state index in [1.54, 1.807) is 0 Å². The molecule has 0 fully saturated rings. The van der Waals surface area contributed by atoms with Gasteiger partial charge >= 0.3 is 11.9 Å². The van der Waals surface area contributed by atoms with Gasteiger partial charge in [0.25, 0.3) is 0 Å². The van der Waals surface area contributed by atoms with E-state index in [4.69, 9.17) is 0 Å². The highest BCUT2D eigenvalue weighted by atomic mass is 16.5. The summed E-state index contributed by atoms with van der Waals surface area (Å²) in [5.74, 6) is -0.174. The summed E-state index contributed by atoms with van der Waals surface area (Å²) >= 11 is 0. The highest BCUT2D eigenvalue weighted by Gasteiger charge is 1.99. The number of unbranched alkanes of at least 4 members (excludes halogenated alkanes) is 10. The van der Waals surface area contributed by atoms with E-state index in [2.05, 4.69) is 35.1 Å². The lowest BCUT2D eigenvalue weighted by atomic mass is 10.1. The Morgan fingerprint density at radius 2 is 1.11 bits per heavy atom. The Morgan fingerprint density at radius 3 is 1.54 bits per heavy atom. The number of methoxy groups -OCH3 is 2. The third-order valence-corrected chi connectivity index (χ3v) is 4.40. The van der Waals surface area contributed by atoms with Gasteiger partial charge < -0.3 is 9.47 Å². The summed E-state index contributed by atoms with van der Waals surface area (Å²) in [4.78, 5) is 21.5. The number of ether oxygens (including phenoxy) is 2. The predicted molar refractivity (Wildman–Crippen MR) is 118 cm³/mol. The van der Waals surface area contributed by atoms with E-state index < -0.39 is 0 Å². The van der Waals surface area contributed by atoms with Crippen LogP contribution in [0.3, 0.4) is 0 Å². The van der Waals surface area contributed by atoms with Gasteiger partial charge in [-0.3, -0.25) is 9.59 Å². The molecule has 0 unspecified atom stereocenters. The topological polar surface area (TPSA) is 52.6 Å². The van der Waals surface area contributed by atoms with E-state index in [1.807, 2.05) is 6.08 Å². The van der Waals surface area contributed by atoms with Crippen LogP contribution >= 0.6 is 0 Å². The lowest BCUT2D eigenvalue weighted by molar-refractivity contribution is -0.141. The van der Waals surface area contributed by atoms with Crippen LogP contribution in [0, 0.1) is 0 Å². The number of esters is 2. The normalized spacial score (nSPS) is 10.2. The number of allylic oxidation sites excluding steroid dienone is 3. The van der Waals surface area contributed by atoms with Crippen LogP contribution in [0.25, 0.3) is 0 Å². The molecule has 0 aromatic carbocycles. The molecule has 0 aromatic heterocycles. The predicted octanol–water partition coefficient (Wildman–Crippen LogP) is 6.93. The first kappa shape index (κ1) is 28.6. The van der Waals surface area contributed by atoms with Crippen LogP contribution < -0.4 is 0 Å². The Balaban J connectivity index is 0. The van der Waals surface area contributed by atoms with Gasteiger partial charge in [-0.1, -0.05) is 63.7 Å². The summed E-state index contributed by atoms with van der Waals surface area (Å²) in [5, 5.41) is 0. The van der Waals surface area contributed by atoms with Crippen LogP contribution in [-0.4, -0.2) is 26.2 Å². The molecule has 0 aliphatic heterocycles. The molecule has 4 heteroatoms. The van der Waals surface area contributed by atoms with Crippen molar-refractivity contribution < 1.29 is 19.1 Å². The van der Waals surface area contributed by atoms with E-state index in [-0.39, 0.29) is 11.9 Å². The van der Waals surface area contributed by atoms with Gasteiger partial charge in [-0.25, -0.2) is 0 Å². The molecule has 0 aliphatic carbocycles. The molecule has 0 rings (SSSR count). The van der Waals surface area contributed by atoms with Gasteiger partial charge in [0.1, 0.15) is 0 Å². The monoisotopic (exact) mass is 396 g/mol. The molecule has 164 valence electrons. The zero-order valence-electron chi connectivity index (χ0n) is 18.7. The van der Waals surface area contributed by atoms with Gasteiger partial charge in [0.2, 0.25) is 0 Å². The first-order valence-electron chi connectivity index (χ1n) is 11.0. The molecular formula is C24H44O4. The molecule has 28 heavy (non-hydrogen) atoms. The Kier molecular flexibility index (Phi) is 26.0. The van der Waals surface area contributed by atoms with E-state index in [1.165, 1.54) is 59.2 Å². The molecule has 4 nitrogen and oxygen atoms in total. The average molecular weight is 397 g/mol. The fourth-order valence-corrected chi connectivity index (χ4v) is 2.64. The van der Waals surface area contributed by atoms with E-state index in [9.17, 15) is 9.59 Å². The highest BCUT2D eigenvalue weighted by Crippen LogP contribution is 2.08. The largest absolute Gasteiger partial charge is 0.469 e. The number of rotatable bonds is 17. The van der Waals surface area contributed by atoms with Crippen LogP contribution in [0.4, 0.5) is 0 Å². The lowest BCUT2D eigenvalue weighted by Crippen LogP contribution is -1.98. The fourth-order valence-electron chi connectivity index (χ4n) is 2.64. The molecule has 0 saturated carbocycles. The summed E-state index contributed by atoms with van der Waals surface area (Å²) in [6.07, 6.45) is 22.7. The first-order valence-corrected chi connectivity index (χ1v) is 11.0. The molecule has 0 saturated heterocycles. The van der Waals surface area contributed by atoms with Crippen LogP contribution in [-0.2, 0) is 19.1 Å². The number of carbonyl (C=O) groups excluding carboxylic acids is 2. The number of hydrogen-bond donors (Lipinski definition) is 0. The minimum atomic E-state index is -0.0916. The smallest absolute Gasteiger partial charge is 0.305 e. The molecule has 0 amide bonds. The minimum absolute atomic E-state index is 0.0825. The Bertz CT molecular complexity index is 388. The highest BCUT2D eigenvalue weighted by molar-refractivity contribution is 5.69. The molecule has 0 radical (unpaired) electrons. The molecule has 0 spiro atoms. The number of carbonyl (C=O) groups is 2. The van der Waals surface area contributed by atoms with Crippen molar-refractivity contribution >= 4 is 11.9 Å². The van der Waals surface area contributed by atoms with Gasteiger partial charge in [-0.15, -0.1) is 6.58 Å². The van der Waals surface area contributed by atoms with Gasteiger partial charge in [-0.2, -0.15) is 0 Å². The van der Waals surface area contributed by atoms with E-state index >= 15 is 0 Å². The van der Waals surface area contributed by atoms with Crippen LogP contribution in [0.5, 0.6) is 0 Å². The third-order valence-electron chi connectivity index (χ3n) is 4.40. The summed E-state index contributed by atoms with van der Waals surface area (Å²) in [5.41, 5.74) is 0. The van der Waals surface area contributed by atoms with Gasteiger partial charge in [0, 0.05) is 12.8 Å². The van der Waals surface area contributed by atoms with Crippen LogP contribution in [0.1, 0.15) is 103 Å². The summed E-state index contributed by atoms with van der Waals surface area (Å²) in [6.45, 7) is 5.82. The Labute approximate surface area is 173 Å². The van der Waals surface area contributed by atoms with Gasteiger partial charge in [0.15, 0.2) is 0 Å². The van der Waals surface area contributed by atoms with Crippen molar-refractivity contribution in [2.24, 2.45) is 0 Å². The maximum Gasteiger partial charge on any atom is 0.305 e. The van der Waals surface area contributed by atoms with Crippen molar-refractivity contribution in [1.29, 1.82) is 0 Å². The zero-order chi connectivity index (χ0) is 21.3. The maximum atomic E-state index is 10.8. The zero-order valence-corrected chi connectivity index (χ0v) is 18.7. The average Bonchev–Trinajstić information content (AvgIpc) is 2.71. The van der Waals surface area contributed by atoms with E-state index in [0.717, 1.165) is 38.5 Å². The molecule has 0 heterocycles. The van der Waals surface area contributed by atoms with Crippen LogP contribution in [0.2, 0.25) is 0 Å². The second kappa shape index (κ2) is 25.4. The quantitative estimate of drug-likeness (QED) is 0.152. The van der Waals surface area contributed by atoms with Crippen LogP contribution in [0.15, 0.2) is 24.8 Å². The Hall–Kier alpha value is -1.58. The van der Waals surface area contributed by atoms with Crippen molar-refractivity contribution in [1.82, 2.24) is 0 Å². The van der Waals surface area contributed by atoms with Crippen molar-refractivity contribution in [2.45, 2.75) is 103 Å². The Morgan fingerprint density at radius 1 is 0.679 bits per heavy atom. The molecule has 0 aliphatic rings. The summed E-state index contributed by atoms with van der Waals surface area (Å²) in [6, 6.07) is 0. The third kappa shape index (κ3) is 26.6. The second-order valence-electron chi connectivity index (χ2n) is 6.93. The SMILES string of the molecule is C=CCCCCCCCC(=O)OC.CC/C=C/CCCCCCCC(=O)OC. The standard InChI is InChI=1S/C13H24O2.C11H20O2/c1-3-4-5-6-7-8-9-10-11-12-13(14)15-2;1-3-4-5-6-7-8-9-10-11(12)13-2/h4-5H,3,6-12H2,1-2H3;3H,1,4-10H2,2H3/b5-4+;. The minimum Gasteiger partial charge on any atom is -0.469 e. The van der Waals surface area contributed by atoms with E-state index in [0.29, 0.717) is 12.8 Å². The molecule has 0 aromatic rings. The number of hydrogen-bond acceptors (Lipinski definition) is 4. The van der Waals surface area contributed by atoms with Crippen molar-refractivity contribution in [2.75, 3.05) is 14.2 Å². The lowest BCUT2D eigenvalue weighted by Gasteiger charge is -1.99. The summed E-state index contributed by atoms with van der Waals surface area (Å²) < 4.78 is 9.12. The second-order valence-corrected chi connectivity index (χ2v) is 6.93. The van der Waals surface area contributed by atoms with Crippen molar-refractivity contribution in [3.05, 3.63) is 24.8 Å². The molecule has 0 N–H and O–H groups in total. The summed E-state index contributed by atoms with van der Waals surface area (Å²) in [7, 11) is 2.88. The van der Waals surface area contributed by atoms with Gasteiger partial charge in [0.05, 0.1) is 14.2 Å². The van der Waals surface area contributed by atoms with Crippen molar-refractivity contribution in [3.63, 3.8) is 0 Å². The maximum absolute atomic E-state index is 10.8. The van der Waals surface area contributed by atoms with Gasteiger partial charge in [-0.05, 0) is 44.9 Å².